The molecule has 0 radical (unpaired) electrons. The molecule has 1 amide bonds. The number of nitrogens with two attached hydrogens (primary N) is 1. The number of primary amides is 1. The quantitative estimate of drug-likeness (QED) is 0.178. The van der Waals surface area contributed by atoms with Gasteiger partial charge in [-0.3, -0.25) is 19.8 Å². The van der Waals surface area contributed by atoms with Crippen LogP contribution >= 0.6 is 0 Å². The number of carbonyl (C=O) groups excluding carboxylic acids is 1. The number of likely N-dealkylation sites (tertiary alicyclic amines) is 1. The standard InChI is InChI=1S/C27H25F3N6O6S/c28-27(29,30)15-35-10-7-17(8-11-35)34-21-5-4-19(13-22(21)36(38)39)43(40,41)23-3-1-2-20(25(31)37)24(23)42-18-12-16-6-9-32-26(16)33-14-18/h1-6,9,12-14,17,34H,7-8,10-11,15H2,(H2,31,37)(H,32,33). The van der Waals surface area contributed by atoms with Gasteiger partial charge in [-0.2, -0.15) is 13.2 Å². The van der Waals surface area contributed by atoms with E-state index in [2.05, 4.69) is 15.3 Å². The smallest absolute Gasteiger partial charge is 0.401 e. The number of nitrogens with zero attached hydrogens (tertiary/aromatic N) is 3. The van der Waals surface area contributed by atoms with Gasteiger partial charge in [0.05, 0.1) is 28.1 Å². The molecular weight excluding hydrogens is 593 g/mol. The largest absolute Gasteiger partial charge is 0.453 e. The van der Waals surface area contributed by atoms with Crippen LogP contribution in [0.3, 0.4) is 0 Å². The molecule has 4 N–H and O–H groups in total. The molecule has 3 heterocycles. The molecule has 0 aliphatic carbocycles. The number of nitro benzene ring substituents is 1. The van der Waals surface area contributed by atoms with Gasteiger partial charge in [-0.05, 0) is 49.2 Å². The molecule has 0 bridgehead atoms. The second-order valence-electron chi connectivity index (χ2n) is 9.94. The van der Waals surface area contributed by atoms with E-state index in [0.29, 0.717) is 23.9 Å². The van der Waals surface area contributed by atoms with Crippen LogP contribution in [0.2, 0.25) is 0 Å². The highest BCUT2D eigenvalue weighted by molar-refractivity contribution is 7.91. The van der Waals surface area contributed by atoms with E-state index in [4.69, 9.17) is 10.5 Å². The normalized spacial score (nSPS) is 15.0. The fourth-order valence-corrected chi connectivity index (χ4v) is 6.33. The summed E-state index contributed by atoms with van der Waals surface area (Å²) in [6, 6.07) is 9.98. The van der Waals surface area contributed by atoms with Gasteiger partial charge >= 0.3 is 6.18 Å². The summed E-state index contributed by atoms with van der Waals surface area (Å²) in [7, 11) is -4.51. The van der Waals surface area contributed by atoms with E-state index in [9.17, 15) is 36.5 Å². The first kappa shape index (κ1) is 29.8. The van der Waals surface area contributed by atoms with Gasteiger partial charge in [0, 0.05) is 36.8 Å². The van der Waals surface area contributed by atoms with E-state index in [1.807, 2.05) is 0 Å². The number of para-hydroxylation sites is 1. The Morgan fingerprint density at radius 1 is 1.19 bits per heavy atom. The predicted molar refractivity (Wildman–Crippen MR) is 149 cm³/mol. The number of amides is 1. The van der Waals surface area contributed by atoms with Crippen LogP contribution < -0.4 is 15.8 Å². The highest BCUT2D eigenvalue weighted by Crippen LogP contribution is 2.38. The molecule has 16 heteroatoms. The summed E-state index contributed by atoms with van der Waals surface area (Å²) in [4.78, 5) is 30.9. The Balaban J connectivity index is 1.45. The van der Waals surface area contributed by atoms with Crippen LogP contribution in [0.15, 0.2) is 70.7 Å². The number of sulfone groups is 1. The minimum atomic E-state index is -4.51. The molecule has 4 aromatic rings. The number of hydrogen-bond acceptors (Lipinski definition) is 9. The molecule has 0 atom stereocenters. The Morgan fingerprint density at radius 3 is 2.60 bits per heavy atom. The fraction of sp³-hybridized carbons (Fsp3) is 0.259. The van der Waals surface area contributed by atoms with Crippen LogP contribution in [0.4, 0.5) is 24.5 Å². The monoisotopic (exact) mass is 618 g/mol. The van der Waals surface area contributed by atoms with Crippen LogP contribution in [0.25, 0.3) is 11.0 Å². The SMILES string of the molecule is NC(=O)c1cccc(S(=O)(=O)c2ccc(NC3CCN(CC(F)(F)F)CC3)c([N+](=O)[O-])c2)c1Oc1cnc2[nH]ccc2c1. The van der Waals surface area contributed by atoms with Crippen molar-refractivity contribution in [3.8, 4) is 11.5 Å². The van der Waals surface area contributed by atoms with Crippen molar-refractivity contribution in [3.63, 3.8) is 0 Å². The zero-order valence-electron chi connectivity index (χ0n) is 22.3. The summed E-state index contributed by atoms with van der Waals surface area (Å²) in [6.07, 6.45) is -0.744. The molecule has 1 aliphatic heterocycles. The van der Waals surface area contributed by atoms with Gasteiger partial charge in [0.15, 0.2) is 5.75 Å². The van der Waals surface area contributed by atoms with Gasteiger partial charge in [0.25, 0.3) is 11.6 Å². The van der Waals surface area contributed by atoms with Crippen molar-refractivity contribution in [3.05, 3.63) is 76.6 Å². The molecule has 43 heavy (non-hydrogen) atoms. The van der Waals surface area contributed by atoms with Crippen molar-refractivity contribution in [2.75, 3.05) is 25.0 Å². The molecular formula is C27H25F3N6O6S. The molecule has 1 saturated heterocycles. The van der Waals surface area contributed by atoms with E-state index >= 15 is 0 Å². The number of rotatable bonds is 9. The molecule has 2 aromatic heterocycles. The number of halogens is 3. The first-order valence-corrected chi connectivity index (χ1v) is 14.4. The first-order chi connectivity index (χ1) is 20.3. The number of fused-ring (bicyclic) bond motifs is 1. The highest BCUT2D eigenvalue weighted by Gasteiger charge is 2.33. The predicted octanol–water partition coefficient (Wildman–Crippen LogP) is 4.63. The second-order valence-corrected chi connectivity index (χ2v) is 11.9. The zero-order chi connectivity index (χ0) is 30.9. The number of nitro groups is 1. The number of benzene rings is 2. The van der Waals surface area contributed by atoms with Crippen molar-refractivity contribution in [1.82, 2.24) is 14.9 Å². The van der Waals surface area contributed by atoms with Crippen LogP contribution in [0.5, 0.6) is 11.5 Å². The summed E-state index contributed by atoms with van der Waals surface area (Å²) in [5.41, 5.74) is 5.30. The Labute approximate surface area is 242 Å². The van der Waals surface area contributed by atoms with Gasteiger partial charge in [0.1, 0.15) is 22.0 Å². The number of alkyl halides is 3. The van der Waals surface area contributed by atoms with Crippen LogP contribution in [0, 0.1) is 10.1 Å². The maximum absolute atomic E-state index is 13.8. The first-order valence-electron chi connectivity index (χ1n) is 12.9. The molecule has 1 aliphatic rings. The third-order valence-electron chi connectivity index (χ3n) is 6.96. The molecule has 0 unspecified atom stereocenters. The maximum atomic E-state index is 13.8. The number of carbonyl (C=O) groups is 1. The van der Waals surface area contributed by atoms with Crippen molar-refractivity contribution in [2.24, 2.45) is 5.73 Å². The molecule has 0 saturated carbocycles. The van der Waals surface area contributed by atoms with Crippen LogP contribution in [0.1, 0.15) is 23.2 Å². The van der Waals surface area contributed by atoms with E-state index in [0.717, 1.165) is 12.1 Å². The van der Waals surface area contributed by atoms with Gasteiger partial charge in [-0.15, -0.1) is 0 Å². The number of hydrogen-bond donors (Lipinski definition) is 3. The van der Waals surface area contributed by atoms with Crippen LogP contribution in [-0.2, 0) is 9.84 Å². The lowest BCUT2D eigenvalue weighted by Gasteiger charge is -2.33. The zero-order valence-corrected chi connectivity index (χ0v) is 23.1. The number of anilines is 1. The number of aromatic nitrogens is 2. The summed E-state index contributed by atoms with van der Waals surface area (Å²) < 4.78 is 71.6. The van der Waals surface area contributed by atoms with Crippen molar-refractivity contribution in [2.45, 2.75) is 34.9 Å². The van der Waals surface area contributed by atoms with Gasteiger partial charge in [-0.25, -0.2) is 13.4 Å². The molecule has 0 spiro atoms. The Bertz CT molecular complexity index is 1800. The maximum Gasteiger partial charge on any atom is 0.401 e. The number of nitrogens with one attached hydrogen (secondary N) is 2. The molecule has 226 valence electrons. The van der Waals surface area contributed by atoms with E-state index in [1.165, 1.54) is 35.4 Å². The van der Waals surface area contributed by atoms with Crippen LogP contribution in [-0.4, -0.2) is 66.0 Å². The lowest BCUT2D eigenvalue weighted by molar-refractivity contribution is -0.384. The van der Waals surface area contributed by atoms with Crippen molar-refractivity contribution < 1.29 is 36.0 Å². The fourth-order valence-electron chi connectivity index (χ4n) is 4.91. The summed E-state index contributed by atoms with van der Waals surface area (Å²) in [6.45, 7) is -0.752. The third-order valence-corrected chi connectivity index (χ3v) is 8.73. The van der Waals surface area contributed by atoms with Crippen molar-refractivity contribution in [1.29, 1.82) is 0 Å². The number of aromatic amines is 1. The Hall–Kier alpha value is -4.70. The minimum Gasteiger partial charge on any atom is -0.453 e. The number of pyridine rings is 1. The highest BCUT2D eigenvalue weighted by atomic mass is 32.2. The Kier molecular flexibility index (Phi) is 7.98. The molecule has 12 nitrogen and oxygen atoms in total. The number of H-pyrrole nitrogens is 1. The summed E-state index contributed by atoms with van der Waals surface area (Å²) in [5, 5.41) is 15.6. The average molecular weight is 619 g/mol. The van der Waals surface area contributed by atoms with E-state index in [-0.39, 0.29) is 41.9 Å². The topological polar surface area (TPSA) is 174 Å². The lowest BCUT2D eigenvalue weighted by Crippen LogP contribution is -2.43. The molecule has 1 fully saturated rings. The van der Waals surface area contributed by atoms with Gasteiger partial charge in [0.2, 0.25) is 9.84 Å². The summed E-state index contributed by atoms with van der Waals surface area (Å²) >= 11 is 0. The van der Waals surface area contributed by atoms with Gasteiger partial charge < -0.3 is 20.8 Å². The lowest BCUT2D eigenvalue weighted by atomic mass is 10.0. The Morgan fingerprint density at radius 2 is 1.93 bits per heavy atom. The second kappa shape index (κ2) is 11.5. The summed E-state index contributed by atoms with van der Waals surface area (Å²) in [5.74, 6) is -1.22. The minimum absolute atomic E-state index is 0.0199. The number of piperidine rings is 1. The van der Waals surface area contributed by atoms with E-state index in [1.54, 1.807) is 18.3 Å². The molecule has 2 aromatic carbocycles. The van der Waals surface area contributed by atoms with Gasteiger partial charge in [-0.1, -0.05) is 6.07 Å². The van der Waals surface area contributed by atoms with E-state index < -0.39 is 48.9 Å². The average Bonchev–Trinajstić information content (AvgIpc) is 3.41. The van der Waals surface area contributed by atoms with Crippen molar-refractivity contribution >= 4 is 38.2 Å². The number of ether oxygens (including phenoxy) is 1. The third kappa shape index (κ3) is 6.54. The molecule has 5 rings (SSSR count).